The molecule has 6 heteroatoms. The first-order valence-corrected chi connectivity index (χ1v) is 7.90. The van der Waals surface area contributed by atoms with E-state index in [4.69, 9.17) is 4.74 Å². The van der Waals surface area contributed by atoms with E-state index in [0.717, 1.165) is 31.2 Å². The lowest BCUT2D eigenvalue weighted by atomic mass is 10.0. The largest absolute Gasteiger partial charge is 0.387 e. The van der Waals surface area contributed by atoms with Crippen LogP contribution in [-0.2, 0) is 4.74 Å². The number of aliphatic hydroxyl groups is 1. The molecule has 3 rings (SSSR count). The van der Waals surface area contributed by atoms with Crippen LogP contribution in [0.4, 0.5) is 0 Å². The number of rotatable bonds is 3. The smallest absolute Gasteiger partial charge is 0.264 e. The van der Waals surface area contributed by atoms with Crippen molar-refractivity contribution in [2.75, 3.05) is 45.9 Å². The molecule has 1 aromatic rings. The van der Waals surface area contributed by atoms with Gasteiger partial charge in [-0.15, -0.1) is 11.3 Å². The van der Waals surface area contributed by atoms with Gasteiger partial charge in [0.05, 0.1) is 30.2 Å². The Morgan fingerprint density at radius 2 is 2.20 bits per heavy atom. The van der Waals surface area contributed by atoms with Gasteiger partial charge in [0.1, 0.15) is 0 Å². The zero-order chi connectivity index (χ0) is 14.0. The highest BCUT2D eigenvalue weighted by Gasteiger charge is 2.40. The van der Waals surface area contributed by atoms with Crippen LogP contribution in [0, 0.1) is 0 Å². The van der Waals surface area contributed by atoms with Crippen LogP contribution in [0.3, 0.4) is 0 Å². The van der Waals surface area contributed by atoms with E-state index in [0.29, 0.717) is 26.1 Å². The van der Waals surface area contributed by atoms with Gasteiger partial charge in [0.2, 0.25) is 0 Å². The van der Waals surface area contributed by atoms with Crippen molar-refractivity contribution < 1.29 is 14.6 Å². The Kier molecular flexibility index (Phi) is 4.07. The number of morpholine rings is 1. The third-order valence-corrected chi connectivity index (χ3v) is 4.83. The lowest BCUT2D eigenvalue weighted by Crippen LogP contribution is -2.49. The average Bonchev–Trinajstić information content (AvgIpc) is 3.09. The van der Waals surface area contributed by atoms with Gasteiger partial charge in [0.15, 0.2) is 0 Å². The number of thiophene rings is 1. The van der Waals surface area contributed by atoms with Gasteiger partial charge >= 0.3 is 0 Å². The molecule has 20 heavy (non-hydrogen) atoms. The highest BCUT2D eigenvalue weighted by atomic mass is 32.1. The Morgan fingerprint density at radius 1 is 1.40 bits per heavy atom. The van der Waals surface area contributed by atoms with Gasteiger partial charge in [0.25, 0.3) is 5.91 Å². The summed E-state index contributed by atoms with van der Waals surface area (Å²) >= 11 is 1.45. The number of likely N-dealkylation sites (tertiary alicyclic amines) is 1. The monoisotopic (exact) mass is 296 g/mol. The van der Waals surface area contributed by atoms with Gasteiger partial charge in [-0.05, 0) is 17.9 Å². The molecule has 0 bridgehead atoms. The van der Waals surface area contributed by atoms with Gasteiger partial charge in [-0.1, -0.05) is 6.07 Å². The second-order valence-electron chi connectivity index (χ2n) is 5.57. The first-order chi connectivity index (χ1) is 9.66. The van der Waals surface area contributed by atoms with Crippen LogP contribution in [0.25, 0.3) is 0 Å². The van der Waals surface area contributed by atoms with E-state index in [1.807, 2.05) is 17.5 Å². The third kappa shape index (κ3) is 3.03. The minimum Gasteiger partial charge on any atom is -0.387 e. The SMILES string of the molecule is O=C(c1cccs1)N1CCC(O)(CN2CCOCC2)C1. The molecule has 1 atom stereocenters. The Morgan fingerprint density at radius 3 is 2.90 bits per heavy atom. The molecule has 110 valence electrons. The number of hydrogen-bond acceptors (Lipinski definition) is 5. The van der Waals surface area contributed by atoms with Crippen LogP contribution < -0.4 is 0 Å². The molecule has 0 spiro atoms. The minimum atomic E-state index is -0.774. The lowest BCUT2D eigenvalue weighted by Gasteiger charge is -2.33. The number of nitrogens with zero attached hydrogens (tertiary/aromatic N) is 2. The molecule has 1 amide bonds. The van der Waals surface area contributed by atoms with Crippen molar-refractivity contribution in [1.82, 2.24) is 9.80 Å². The molecule has 2 aliphatic heterocycles. The molecule has 2 aliphatic rings. The lowest BCUT2D eigenvalue weighted by molar-refractivity contribution is -0.0257. The molecule has 0 radical (unpaired) electrons. The van der Waals surface area contributed by atoms with Crippen molar-refractivity contribution in [3.8, 4) is 0 Å². The summed E-state index contributed by atoms with van der Waals surface area (Å²) in [6, 6.07) is 3.72. The average molecular weight is 296 g/mol. The van der Waals surface area contributed by atoms with Crippen LogP contribution >= 0.6 is 11.3 Å². The summed E-state index contributed by atoms with van der Waals surface area (Å²) in [5, 5.41) is 12.6. The van der Waals surface area contributed by atoms with Gasteiger partial charge in [-0.2, -0.15) is 0 Å². The van der Waals surface area contributed by atoms with Crippen molar-refractivity contribution in [3.05, 3.63) is 22.4 Å². The van der Waals surface area contributed by atoms with Gasteiger partial charge in [-0.25, -0.2) is 0 Å². The summed E-state index contributed by atoms with van der Waals surface area (Å²) in [7, 11) is 0. The molecule has 3 heterocycles. The summed E-state index contributed by atoms with van der Waals surface area (Å²) in [5.41, 5.74) is -0.774. The Labute approximate surface area is 122 Å². The maximum absolute atomic E-state index is 12.3. The molecular weight excluding hydrogens is 276 g/mol. The third-order valence-electron chi connectivity index (χ3n) is 3.97. The molecule has 2 fully saturated rings. The Bertz CT molecular complexity index is 459. The summed E-state index contributed by atoms with van der Waals surface area (Å²) in [5.74, 6) is 0.0397. The van der Waals surface area contributed by atoms with E-state index < -0.39 is 5.60 Å². The second-order valence-corrected chi connectivity index (χ2v) is 6.51. The fourth-order valence-electron chi connectivity index (χ4n) is 2.89. The summed E-state index contributed by atoms with van der Waals surface area (Å²) < 4.78 is 5.32. The normalized spacial score (nSPS) is 27.9. The predicted octanol–water partition coefficient (Wildman–Crippen LogP) is 0.657. The van der Waals surface area contributed by atoms with E-state index in [9.17, 15) is 9.90 Å². The fourth-order valence-corrected chi connectivity index (χ4v) is 3.58. The quantitative estimate of drug-likeness (QED) is 0.890. The van der Waals surface area contributed by atoms with Crippen molar-refractivity contribution >= 4 is 17.2 Å². The zero-order valence-electron chi connectivity index (χ0n) is 11.5. The Balaban J connectivity index is 1.59. The maximum Gasteiger partial charge on any atom is 0.264 e. The van der Waals surface area contributed by atoms with Crippen LogP contribution in [0.1, 0.15) is 16.1 Å². The van der Waals surface area contributed by atoms with Gasteiger partial charge in [0, 0.05) is 26.2 Å². The molecule has 0 aromatic carbocycles. The molecule has 0 saturated carbocycles. The van der Waals surface area contributed by atoms with E-state index in [1.165, 1.54) is 11.3 Å². The second kappa shape index (κ2) is 5.81. The van der Waals surface area contributed by atoms with Gasteiger partial charge in [-0.3, -0.25) is 9.69 Å². The highest BCUT2D eigenvalue weighted by Crippen LogP contribution is 2.25. The number of amides is 1. The predicted molar refractivity (Wildman–Crippen MR) is 77.0 cm³/mol. The number of ether oxygens (including phenoxy) is 1. The number of hydrogen-bond donors (Lipinski definition) is 1. The first kappa shape index (κ1) is 14.0. The van der Waals surface area contributed by atoms with Crippen molar-refractivity contribution in [2.45, 2.75) is 12.0 Å². The topological polar surface area (TPSA) is 53.0 Å². The van der Waals surface area contributed by atoms with Crippen LogP contribution in [0.15, 0.2) is 17.5 Å². The molecule has 1 aromatic heterocycles. The standard InChI is InChI=1S/C14H20N2O3S/c17-13(12-2-1-9-20-12)16-4-3-14(18,11-16)10-15-5-7-19-8-6-15/h1-2,9,18H,3-8,10-11H2. The van der Waals surface area contributed by atoms with E-state index in [1.54, 1.807) is 4.90 Å². The summed E-state index contributed by atoms with van der Waals surface area (Å²) in [4.78, 5) is 17.0. The molecule has 1 N–H and O–H groups in total. The number of carbonyl (C=O) groups excluding carboxylic acids is 1. The minimum absolute atomic E-state index is 0.0397. The van der Waals surface area contributed by atoms with Crippen LogP contribution in [-0.4, -0.2) is 72.4 Å². The molecular formula is C14H20N2O3S. The molecule has 5 nitrogen and oxygen atoms in total. The van der Waals surface area contributed by atoms with Crippen molar-refractivity contribution in [2.24, 2.45) is 0 Å². The van der Waals surface area contributed by atoms with E-state index in [2.05, 4.69) is 4.90 Å². The van der Waals surface area contributed by atoms with E-state index >= 15 is 0 Å². The van der Waals surface area contributed by atoms with Crippen LogP contribution in [0.5, 0.6) is 0 Å². The van der Waals surface area contributed by atoms with E-state index in [-0.39, 0.29) is 5.91 Å². The maximum atomic E-state index is 12.3. The number of β-amino-alcohol motifs (C(OH)–C–C–N with tert-alkyl or cyclic N) is 1. The van der Waals surface area contributed by atoms with Crippen molar-refractivity contribution in [1.29, 1.82) is 0 Å². The van der Waals surface area contributed by atoms with Crippen LogP contribution in [0.2, 0.25) is 0 Å². The van der Waals surface area contributed by atoms with Crippen molar-refractivity contribution in [3.63, 3.8) is 0 Å². The fraction of sp³-hybridized carbons (Fsp3) is 0.643. The first-order valence-electron chi connectivity index (χ1n) is 7.02. The number of carbonyl (C=O) groups is 1. The molecule has 2 saturated heterocycles. The molecule has 0 aliphatic carbocycles. The summed E-state index contributed by atoms with van der Waals surface area (Å²) in [6.45, 7) is 4.88. The van der Waals surface area contributed by atoms with Gasteiger partial charge < -0.3 is 14.7 Å². The zero-order valence-corrected chi connectivity index (χ0v) is 12.3. The highest BCUT2D eigenvalue weighted by molar-refractivity contribution is 7.12. The Hall–Kier alpha value is -0.950. The molecule has 1 unspecified atom stereocenters. The summed E-state index contributed by atoms with van der Waals surface area (Å²) in [6.07, 6.45) is 0.654.